The summed E-state index contributed by atoms with van der Waals surface area (Å²) in [5.41, 5.74) is 0.696. The molecule has 1 aromatic carbocycles. The first-order valence-electron chi connectivity index (χ1n) is 12.3. The van der Waals surface area contributed by atoms with Gasteiger partial charge in [0.25, 0.3) is 11.8 Å². The molecular formula is C27H33N5O5S. The van der Waals surface area contributed by atoms with Gasteiger partial charge in [-0.2, -0.15) is 12.6 Å². The molecule has 38 heavy (non-hydrogen) atoms. The monoisotopic (exact) mass is 539 g/mol. The van der Waals surface area contributed by atoms with Crippen LogP contribution in [0, 0.1) is 5.41 Å². The Labute approximate surface area is 227 Å². The van der Waals surface area contributed by atoms with E-state index in [0.717, 1.165) is 0 Å². The zero-order valence-corrected chi connectivity index (χ0v) is 22.7. The van der Waals surface area contributed by atoms with E-state index in [1.165, 1.54) is 11.8 Å². The number of hydrogen-bond acceptors (Lipinski definition) is 7. The van der Waals surface area contributed by atoms with Gasteiger partial charge in [0.05, 0.1) is 16.4 Å². The van der Waals surface area contributed by atoms with E-state index in [1.54, 1.807) is 48.8 Å². The Kier molecular flexibility index (Phi) is 9.26. The number of amides is 5. The van der Waals surface area contributed by atoms with Gasteiger partial charge >= 0.3 is 0 Å². The van der Waals surface area contributed by atoms with Crippen LogP contribution in [0.15, 0.2) is 48.8 Å². The predicted octanol–water partition coefficient (Wildman–Crippen LogP) is 2.43. The summed E-state index contributed by atoms with van der Waals surface area (Å²) in [6.45, 7) is 7.15. The summed E-state index contributed by atoms with van der Waals surface area (Å²) in [4.78, 5) is 68.4. The van der Waals surface area contributed by atoms with Gasteiger partial charge in [-0.3, -0.25) is 33.9 Å². The van der Waals surface area contributed by atoms with Crippen LogP contribution in [-0.4, -0.2) is 63.3 Å². The molecule has 3 N–H and O–H groups in total. The Hall–Kier alpha value is -3.73. The quantitative estimate of drug-likeness (QED) is 0.270. The van der Waals surface area contributed by atoms with Gasteiger partial charge in [0.1, 0.15) is 12.1 Å². The molecule has 0 fully saturated rings. The third-order valence-corrected chi connectivity index (χ3v) is 6.65. The lowest BCUT2D eigenvalue weighted by molar-refractivity contribution is -0.131. The summed E-state index contributed by atoms with van der Waals surface area (Å²) < 4.78 is 0. The molecule has 1 aromatic heterocycles. The van der Waals surface area contributed by atoms with Gasteiger partial charge in [-0.25, -0.2) is 0 Å². The molecule has 3 rings (SSSR count). The second kappa shape index (κ2) is 12.2. The van der Waals surface area contributed by atoms with E-state index >= 15 is 0 Å². The zero-order chi connectivity index (χ0) is 28.0. The first-order valence-corrected chi connectivity index (χ1v) is 12.9. The van der Waals surface area contributed by atoms with E-state index in [4.69, 9.17) is 0 Å². The minimum atomic E-state index is -0.924. The summed E-state index contributed by atoms with van der Waals surface area (Å²) in [5.74, 6) is -2.08. The van der Waals surface area contributed by atoms with Crippen LogP contribution in [0.3, 0.4) is 0 Å². The summed E-state index contributed by atoms with van der Waals surface area (Å²) >= 11 is 4.34. The van der Waals surface area contributed by atoms with Crippen LogP contribution in [0.5, 0.6) is 0 Å². The molecular weight excluding hydrogens is 506 g/mol. The first-order chi connectivity index (χ1) is 17.9. The maximum Gasteiger partial charge on any atom is 0.261 e. The Balaban J connectivity index is 1.49. The highest BCUT2D eigenvalue weighted by atomic mass is 32.1. The van der Waals surface area contributed by atoms with Crippen LogP contribution in [0.4, 0.5) is 5.69 Å². The molecule has 0 radical (unpaired) electrons. The zero-order valence-electron chi connectivity index (χ0n) is 21.9. The molecule has 1 unspecified atom stereocenters. The van der Waals surface area contributed by atoms with Gasteiger partial charge in [-0.15, -0.1) is 0 Å². The lowest BCUT2D eigenvalue weighted by Crippen LogP contribution is -2.56. The smallest absolute Gasteiger partial charge is 0.261 e. The fourth-order valence-electron chi connectivity index (χ4n) is 3.98. The molecule has 5 amide bonds. The Morgan fingerprint density at radius 2 is 1.50 bits per heavy atom. The summed E-state index contributed by atoms with van der Waals surface area (Å²) in [5, 5.41) is 7.36. The SMILES string of the molecule is C[C@H](NC(=O)C(S)CCCN1C(=O)c2ccccc2C1=O)C(=O)N[C@H](C(=O)Nc1ccncc1)C(C)(C)C. The molecule has 3 atom stereocenters. The number of benzene rings is 1. The van der Waals surface area contributed by atoms with Crippen LogP contribution in [0.25, 0.3) is 0 Å². The fraction of sp³-hybridized carbons (Fsp3) is 0.407. The molecule has 2 heterocycles. The lowest BCUT2D eigenvalue weighted by Gasteiger charge is -2.31. The van der Waals surface area contributed by atoms with Gasteiger partial charge in [0.2, 0.25) is 17.7 Å². The van der Waals surface area contributed by atoms with Crippen molar-refractivity contribution in [3.05, 3.63) is 59.9 Å². The molecule has 1 aliphatic heterocycles. The van der Waals surface area contributed by atoms with Crippen molar-refractivity contribution in [2.45, 2.75) is 57.9 Å². The molecule has 0 bridgehead atoms. The molecule has 1 aliphatic rings. The van der Waals surface area contributed by atoms with Crippen molar-refractivity contribution in [3.63, 3.8) is 0 Å². The summed E-state index contributed by atoms with van der Waals surface area (Å²) in [6.07, 6.45) is 3.75. The third-order valence-electron chi connectivity index (χ3n) is 6.15. The maximum atomic E-state index is 12.9. The van der Waals surface area contributed by atoms with E-state index in [9.17, 15) is 24.0 Å². The number of pyridine rings is 1. The number of fused-ring (bicyclic) bond motifs is 1. The molecule has 0 saturated heterocycles. The van der Waals surface area contributed by atoms with Gasteiger partial charge in [0.15, 0.2) is 0 Å². The van der Waals surface area contributed by atoms with Crippen molar-refractivity contribution in [2.24, 2.45) is 5.41 Å². The highest BCUT2D eigenvalue weighted by Gasteiger charge is 2.36. The van der Waals surface area contributed by atoms with Crippen molar-refractivity contribution in [3.8, 4) is 0 Å². The van der Waals surface area contributed by atoms with E-state index in [2.05, 4.69) is 33.6 Å². The molecule has 0 spiro atoms. The standard InChI is InChI=1S/C27H33N5O5S/c1-16(22(33)31-21(27(2,3)4)24(35)30-17-11-13-28-14-12-17)29-23(34)20(38)10-7-15-32-25(36)18-8-5-6-9-19(18)26(32)37/h5-6,8-9,11-14,16,20-21,38H,7,10,15H2,1-4H3,(H,29,34)(H,31,33)(H,28,30,35)/t16-,20?,21+/m0/s1. The number of anilines is 1. The first kappa shape index (κ1) is 28.8. The molecule has 10 nitrogen and oxygen atoms in total. The second-order valence-electron chi connectivity index (χ2n) is 10.2. The van der Waals surface area contributed by atoms with Crippen LogP contribution in [0.1, 0.15) is 61.3 Å². The van der Waals surface area contributed by atoms with Crippen molar-refractivity contribution in [1.29, 1.82) is 0 Å². The molecule has 0 aliphatic carbocycles. The van der Waals surface area contributed by atoms with E-state index in [0.29, 0.717) is 23.2 Å². The highest BCUT2D eigenvalue weighted by molar-refractivity contribution is 7.81. The number of nitrogens with zero attached hydrogens (tertiary/aromatic N) is 2. The minimum absolute atomic E-state index is 0.159. The van der Waals surface area contributed by atoms with Crippen LogP contribution in [-0.2, 0) is 14.4 Å². The van der Waals surface area contributed by atoms with Gasteiger partial charge in [-0.1, -0.05) is 32.9 Å². The molecule has 202 valence electrons. The number of nitrogens with one attached hydrogen (secondary N) is 3. The number of carbonyl (C=O) groups excluding carboxylic acids is 5. The van der Waals surface area contributed by atoms with Crippen molar-refractivity contribution in [2.75, 3.05) is 11.9 Å². The number of hydrogen-bond donors (Lipinski definition) is 4. The average molecular weight is 540 g/mol. The predicted molar refractivity (Wildman–Crippen MR) is 146 cm³/mol. The van der Waals surface area contributed by atoms with Crippen LogP contribution < -0.4 is 16.0 Å². The number of carbonyl (C=O) groups is 5. The molecule has 2 aromatic rings. The Morgan fingerprint density at radius 3 is 2.05 bits per heavy atom. The minimum Gasteiger partial charge on any atom is -0.344 e. The second-order valence-corrected chi connectivity index (χ2v) is 10.9. The Bertz CT molecular complexity index is 1180. The Morgan fingerprint density at radius 1 is 0.921 bits per heavy atom. The topological polar surface area (TPSA) is 138 Å². The van der Waals surface area contributed by atoms with Crippen molar-refractivity contribution in [1.82, 2.24) is 20.5 Å². The highest BCUT2D eigenvalue weighted by Crippen LogP contribution is 2.23. The van der Waals surface area contributed by atoms with E-state index in [-0.39, 0.29) is 24.8 Å². The fourth-order valence-corrected chi connectivity index (χ4v) is 4.24. The van der Waals surface area contributed by atoms with Crippen LogP contribution >= 0.6 is 12.6 Å². The van der Waals surface area contributed by atoms with E-state index in [1.807, 2.05) is 20.8 Å². The number of imide groups is 1. The largest absolute Gasteiger partial charge is 0.344 e. The van der Waals surface area contributed by atoms with Gasteiger partial charge in [-0.05, 0) is 49.4 Å². The van der Waals surface area contributed by atoms with Crippen molar-refractivity contribution >= 4 is 47.9 Å². The van der Waals surface area contributed by atoms with E-state index < -0.39 is 40.5 Å². The third kappa shape index (κ3) is 6.97. The van der Waals surface area contributed by atoms with Gasteiger partial charge in [0, 0.05) is 24.6 Å². The lowest BCUT2D eigenvalue weighted by atomic mass is 9.86. The average Bonchev–Trinajstić information content (AvgIpc) is 3.11. The van der Waals surface area contributed by atoms with Gasteiger partial charge < -0.3 is 16.0 Å². The molecule has 11 heteroatoms. The van der Waals surface area contributed by atoms with Crippen molar-refractivity contribution < 1.29 is 24.0 Å². The normalized spacial score (nSPS) is 15.3. The number of aromatic nitrogens is 1. The summed E-state index contributed by atoms with van der Waals surface area (Å²) in [7, 11) is 0. The maximum absolute atomic E-state index is 12.9. The number of thiol groups is 1. The number of rotatable bonds is 10. The van der Waals surface area contributed by atoms with Crippen LogP contribution in [0.2, 0.25) is 0 Å². The molecule has 0 saturated carbocycles. The summed E-state index contributed by atoms with van der Waals surface area (Å²) in [6, 6.07) is 8.13.